The van der Waals surface area contributed by atoms with Crippen molar-refractivity contribution in [2.24, 2.45) is 0 Å². The van der Waals surface area contributed by atoms with E-state index in [0.717, 1.165) is 25.7 Å². The van der Waals surface area contributed by atoms with Gasteiger partial charge in [0.2, 0.25) is 5.91 Å². The molecular formula is C14H25NO4. The number of esters is 1. The molecule has 0 spiro atoms. The van der Waals surface area contributed by atoms with Gasteiger partial charge in [-0.3, -0.25) is 9.69 Å². The molecule has 0 N–H and O–H groups in total. The highest BCUT2D eigenvalue weighted by molar-refractivity contribution is 5.85. The number of carbonyl (C=O) groups excluding carboxylic acids is 2. The van der Waals surface area contributed by atoms with Crippen molar-refractivity contribution in [1.29, 1.82) is 0 Å². The SMILES string of the molecule is CCCCCCC(=O)N1C(C(=O)OC)COC1(C)C. The molecule has 5 heteroatoms. The van der Waals surface area contributed by atoms with E-state index in [-0.39, 0.29) is 12.5 Å². The molecule has 0 bridgehead atoms. The van der Waals surface area contributed by atoms with E-state index >= 15 is 0 Å². The molecule has 1 aliphatic heterocycles. The Kier molecular flexibility index (Phi) is 5.79. The van der Waals surface area contributed by atoms with Crippen LogP contribution < -0.4 is 0 Å². The molecule has 0 aromatic carbocycles. The van der Waals surface area contributed by atoms with Crippen LogP contribution in [0.1, 0.15) is 52.9 Å². The Balaban J connectivity index is 2.63. The van der Waals surface area contributed by atoms with Crippen LogP contribution in [-0.2, 0) is 19.1 Å². The van der Waals surface area contributed by atoms with E-state index in [0.29, 0.717) is 6.42 Å². The van der Waals surface area contributed by atoms with Gasteiger partial charge in [-0.2, -0.15) is 0 Å². The van der Waals surface area contributed by atoms with E-state index in [9.17, 15) is 9.59 Å². The molecule has 0 aliphatic carbocycles. The van der Waals surface area contributed by atoms with Crippen molar-refractivity contribution in [3.63, 3.8) is 0 Å². The van der Waals surface area contributed by atoms with Gasteiger partial charge in [0.1, 0.15) is 5.72 Å². The first-order valence-electron chi connectivity index (χ1n) is 6.98. The molecule has 1 saturated heterocycles. The maximum atomic E-state index is 12.3. The number of amides is 1. The van der Waals surface area contributed by atoms with Gasteiger partial charge in [0, 0.05) is 6.42 Å². The van der Waals surface area contributed by atoms with Crippen LogP contribution in [0.5, 0.6) is 0 Å². The fourth-order valence-corrected chi connectivity index (χ4v) is 2.41. The molecule has 110 valence electrons. The zero-order chi connectivity index (χ0) is 14.5. The maximum absolute atomic E-state index is 12.3. The Morgan fingerprint density at radius 3 is 2.58 bits per heavy atom. The molecular weight excluding hydrogens is 246 g/mol. The van der Waals surface area contributed by atoms with Gasteiger partial charge >= 0.3 is 5.97 Å². The molecule has 0 aromatic heterocycles. The van der Waals surface area contributed by atoms with Gasteiger partial charge in [0.05, 0.1) is 13.7 Å². The molecule has 19 heavy (non-hydrogen) atoms. The Hall–Kier alpha value is -1.10. The fourth-order valence-electron chi connectivity index (χ4n) is 2.41. The number of carbonyl (C=O) groups is 2. The summed E-state index contributed by atoms with van der Waals surface area (Å²) in [6, 6.07) is -0.612. The van der Waals surface area contributed by atoms with Crippen molar-refractivity contribution < 1.29 is 19.1 Å². The lowest BCUT2D eigenvalue weighted by atomic mass is 10.1. The van der Waals surface area contributed by atoms with E-state index in [2.05, 4.69) is 6.92 Å². The normalized spacial score (nSPS) is 21.5. The lowest BCUT2D eigenvalue weighted by molar-refractivity contribution is -0.157. The van der Waals surface area contributed by atoms with Gasteiger partial charge in [0.15, 0.2) is 6.04 Å². The third-order valence-electron chi connectivity index (χ3n) is 3.47. The fraction of sp³-hybridized carbons (Fsp3) is 0.857. The second-order valence-corrected chi connectivity index (χ2v) is 5.37. The van der Waals surface area contributed by atoms with Gasteiger partial charge in [-0.15, -0.1) is 0 Å². The smallest absolute Gasteiger partial charge is 0.331 e. The number of unbranched alkanes of at least 4 members (excludes halogenated alkanes) is 3. The number of nitrogens with zero attached hydrogens (tertiary/aromatic N) is 1. The Morgan fingerprint density at radius 2 is 2.00 bits per heavy atom. The second kappa shape index (κ2) is 6.89. The summed E-state index contributed by atoms with van der Waals surface area (Å²) in [7, 11) is 1.33. The molecule has 0 radical (unpaired) electrons. The number of rotatable bonds is 6. The minimum absolute atomic E-state index is 0.0333. The van der Waals surface area contributed by atoms with Crippen molar-refractivity contribution in [1.82, 2.24) is 4.90 Å². The summed E-state index contributed by atoms with van der Waals surface area (Å²) >= 11 is 0. The maximum Gasteiger partial charge on any atom is 0.331 e. The van der Waals surface area contributed by atoms with Crippen molar-refractivity contribution >= 4 is 11.9 Å². The predicted molar refractivity (Wildman–Crippen MR) is 71.4 cm³/mol. The van der Waals surface area contributed by atoms with E-state index in [1.54, 1.807) is 13.8 Å². The molecule has 5 nitrogen and oxygen atoms in total. The number of hydrogen-bond acceptors (Lipinski definition) is 4. The van der Waals surface area contributed by atoms with Crippen LogP contribution in [0, 0.1) is 0 Å². The third kappa shape index (κ3) is 3.93. The van der Waals surface area contributed by atoms with Gasteiger partial charge in [-0.1, -0.05) is 26.2 Å². The average Bonchev–Trinajstić information content (AvgIpc) is 2.69. The summed E-state index contributed by atoms with van der Waals surface area (Å²) in [4.78, 5) is 25.5. The highest BCUT2D eigenvalue weighted by atomic mass is 16.6. The number of ether oxygens (including phenoxy) is 2. The summed E-state index contributed by atoms with van der Waals surface area (Å²) < 4.78 is 10.3. The molecule has 1 amide bonds. The van der Waals surface area contributed by atoms with Crippen molar-refractivity contribution in [2.75, 3.05) is 13.7 Å². The Labute approximate surface area is 115 Å². The summed E-state index contributed by atoms with van der Waals surface area (Å²) in [6.07, 6.45) is 4.62. The van der Waals surface area contributed by atoms with Crippen LogP contribution in [0.2, 0.25) is 0 Å². The van der Waals surface area contributed by atoms with Gasteiger partial charge < -0.3 is 9.47 Å². The predicted octanol–water partition coefficient (Wildman–Crippen LogP) is 2.09. The molecule has 0 saturated carbocycles. The molecule has 1 fully saturated rings. The first kappa shape index (κ1) is 16.0. The molecule has 1 aliphatic rings. The van der Waals surface area contributed by atoms with E-state index in [4.69, 9.17) is 9.47 Å². The van der Waals surface area contributed by atoms with Crippen LogP contribution in [0.4, 0.5) is 0 Å². The zero-order valence-electron chi connectivity index (χ0n) is 12.4. The largest absolute Gasteiger partial charge is 0.467 e. The van der Waals surface area contributed by atoms with Crippen molar-refractivity contribution in [2.45, 2.75) is 64.6 Å². The zero-order valence-corrected chi connectivity index (χ0v) is 12.4. The summed E-state index contributed by atoms with van der Waals surface area (Å²) in [5.41, 5.74) is -0.735. The lowest BCUT2D eigenvalue weighted by Crippen LogP contribution is -2.50. The van der Waals surface area contributed by atoms with Gasteiger partial charge in [0.25, 0.3) is 0 Å². The molecule has 0 aromatic rings. The van der Waals surface area contributed by atoms with E-state index in [1.165, 1.54) is 12.0 Å². The van der Waals surface area contributed by atoms with Gasteiger partial charge in [-0.05, 0) is 20.3 Å². The summed E-state index contributed by atoms with van der Waals surface area (Å²) in [6.45, 7) is 5.95. The van der Waals surface area contributed by atoms with Crippen LogP contribution in [0.15, 0.2) is 0 Å². The number of hydrogen-bond donors (Lipinski definition) is 0. The standard InChI is InChI=1S/C14H25NO4/c1-5-6-7-8-9-12(16)15-11(13(17)18-4)10-19-14(15,2)3/h11H,5-10H2,1-4H3. The molecule has 1 atom stereocenters. The van der Waals surface area contributed by atoms with E-state index in [1.807, 2.05) is 0 Å². The van der Waals surface area contributed by atoms with Crippen LogP contribution in [-0.4, -0.2) is 42.3 Å². The van der Waals surface area contributed by atoms with Crippen molar-refractivity contribution in [3.8, 4) is 0 Å². The first-order valence-corrected chi connectivity index (χ1v) is 6.98. The first-order chi connectivity index (χ1) is 8.94. The summed E-state index contributed by atoms with van der Waals surface area (Å²) in [5.74, 6) is -0.443. The Morgan fingerprint density at radius 1 is 1.32 bits per heavy atom. The van der Waals surface area contributed by atoms with Crippen molar-refractivity contribution in [3.05, 3.63) is 0 Å². The topological polar surface area (TPSA) is 55.8 Å². The van der Waals surface area contributed by atoms with Crippen LogP contribution >= 0.6 is 0 Å². The average molecular weight is 271 g/mol. The molecule has 1 unspecified atom stereocenters. The Bertz CT molecular complexity index is 327. The monoisotopic (exact) mass is 271 g/mol. The summed E-state index contributed by atoms with van der Waals surface area (Å²) in [5, 5.41) is 0. The van der Waals surface area contributed by atoms with Gasteiger partial charge in [-0.25, -0.2) is 4.79 Å². The lowest BCUT2D eigenvalue weighted by Gasteiger charge is -2.32. The highest BCUT2D eigenvalue weighted by Gasteiger charge is 2.47. The quantitative estimate of drug-likeness (QED) is 0.548. The number of methoxy groups -OCH3 is 1. The third-order valence-corrected chi connectivity index (χ3v) is 3.47. The highest BCUT2D eigenvalue weighted by Crippen LogP contribution is 2.29. The minimum Gasteiger partial charge on any atom is -0.467 e. The van der Waals surface area contributed by atoms with Crippen LogP contribution in [0.25, 0.3) is 0 Å². The molecule has 1 heterocycles. The van der Waals surface area contributed by atoms with E-state index < -0.39 is 17.7 Å². The van der Waals surface area contributed by atoms with Crippen LogP contribution in [0.3, 0.4) is 0 Å². The molecule has 1 rings (SSSR count). The minimum atomic E-state index is -0.735. The second-order valence-electron chi connectivity index (χ2n) is 5.37.